The third kappa shape index (κ3) is 6.57. The SMILES string of the molecule is CCN(CC(=O)Nc1ccccc1NC(C)=O)CC(F)(F)F. The average Bonchev–Trinajstić information content (AvgIpc) is 2.38. The Labute approximate surface area is 126 Å². The van der Waals surface area contributed by atoms with Gasteiger partial charge in [-0.1, -0.05) is 19.1 Å². The number of carbonyl (C=O) groups is 2. The van der Waals surface area contributed by atoms with Gasteiger partial charge in [0, 0.05) is 6.92 Å². The van der Waals surface area contributed by atoms with E-state index in [2.05, 4.69) is 10.6 Å². The molecule has 1 aromatic carbocycles. The second-order valence-electron chi connectivity index (χ2n) is 4.69. The molecule has 0 fully saturated rings. The first-order valence-corrected chi connectivity index (χ1v) is 6.67. The maximum absolute atomic E-state index is 12.4. The summed E-state index contributed by atoms with van der Waals surface area (Å²) in [5, 5.41) is 5.04. The molecule has 122 valence electrons. The number of anilines is 2. The number of nitrogens with one attached hydrogen (secondary N) is 2. The zero-order valence-corrected chi connectivity index (χ0v) is 12.3. The summed E-state index contributed by atoms with van der Waals surface area (Å²) < 4.78 is 37.1. The molecule has 0 aliphatic heterocycles. The minimum absolute atomic E-state index is 0.0975. The topological polar surface area (TPSA) is 61.4 Å². The Hall–Kier alpha value is -2.09. The summed E-state index contributed by atoms with van der Waals surface area (Å²) in [7, 11) is 0. The molecule has 0 saturated carbocycles. The van der Waals surface area contributed by atoms with Crippen LogP contribution in [-0.2, 0) is 9.59 Å². The summed E-state index contributed by atoms with van der Waals surface area (Å²) in [6, 6.07) is 6.46. The molecular weight excluding hydrogens is 299 g/mol. The van der Waals surface area contributed by atoms with Crippen molar-refractivity contribution in [1.82, 2.24) is 4.90 Å². The first-order valence-electron chi connectivity index (χ1n) is 6.67. The maximum atomic E-state index is 12.4. The number of halogens is 3. The van der Waals surface area contributed by atoms with Crippen LogP contribution in [0.1, 0.15) is 13.8 Å². The normalized spacial score (nSPS) is 11.4. The van der Waals surface area contributed by atoms with Gasteiger partial charge in [0.1, 0.15) is 0 Å². The van der Waals surface area contributed by atoms with Crippen LogP contribution >= 0.6 is 0 Å². The van der Waals surface area contributed by atoms with Crippen LogP contribution < -0.4 is 10.6 Å². The average molecular weight is 317 g/mol. The van der Waals surface area contributed by atoms with E-state index in [1.165, 1.54) is 6.92 Å². The predicted octanol–water partition coefficient (Wildman–Crippen LogP) is 2.47. The van der Waals surface area contributed by atoms with Crippen LogP contribution in [0, 0.1) is 0 Å². The number of hydrogen-bond acceptors (Lipinski definition) is 3. The first-order chi connectivity index (χ1) is 10.2. The lowest BCUT2D eigenvalue weighted by Gasteiger charge is -2.21. The van der Waals surface area contributed by atoms with Gasteiger partial charge in [-0.15, -0.1) is 0 Å². The molecule has 0 radical (unpaired) electrons. The van der Waals surface area contributed by atoms with E-state index < -0.39 is 18.6 Å². The highest BCUT2D eigenvalue weighted by Gasteiger charge is 2.30. The number of alkyl halides is 3. The van der Waals surface area contributed by atoms with E-state index in [0.717, 1.165) is 4.90 Å². The van der Waals surface area contributed by atoms with Crippen molar-refractivity contribution in [1.29, 1.82) is 0 Å². The molecule has 8 heteroatoms. The lowest BCUT2D eigenvalue weighted by Crippen LogP contribution is -2.39. The van der Waals surface area contributed by atoms with Crippen molar-refractivity contribution in [3.8, 4) is 0 Å². The number of para-hydroxylation sites is 2. The highest BCUT2D eigenvalue weighted by atomic mass is 19.4. The largest absolute Gasteiger partial charge is 0.401 e. The maximum Gasteiger partial charge on any atom is 0.401 e. The van der Waals surface area contributed by atoms with Crippen LogP contribution in [0.5, 0.6) is 0 Å². The number of likely N-dealkylation sites (N-methyl/N-ethyl adjacent to an activating group) is 1. The number of nitrogens with zero attached hydrogens (tertiary/aromatic N) is 1. The third-order valence-corrected chi connectivity index (χ3v) is 2.73. The van der Waals surface area contributed by atoms with Crippen molar-refractivity contribution in [2.75, 3.05) is 30.3 Å². The van der Waals surface area contributed by atoms with Crippen molar-refractivity contribution in [2.45, 2.75) is 20.0 Å². The summed E-state index contributed by atoms with van der Waals surface area (Å²) >= 11 is 0. The van der Waals surface area contributed by atoms with Crippen LogP contribution in [0.4, 0.5) is 24.5 Å². The summed E-state index contributed by atoms with van der Waals surface area (Å²) in [5.74, 6) is -0.891. The Bertz CT molecular complexity index is 532. The van der Waals surface area contributed by atoms with E-state index in [1.54, 1.807) is 31.2 Å². The molecule has 5 nitrogen and oxygen atoms in total. The molecule has 22 heavy (non-hydrogen) atoms. The van der Waals surface area contributed by atoms with Gasteiger partial charge in [0.05, 0.1) is 24.5 Å². The predicted molar refractivity (Wildman–Crippen MR) is 77.5 cm³/mol. The molecule has 0 aromatic heterocycles. The molecule has 0 heterocycles. The molecule has 1 rings (SSSR count). The molecule has 2 amide bonds. The van der Waals surface area contributed by atoms with Gasteiger partial charge >= 0.3 is 6.18 Å². The molecule has 2 N–H and O–H groups in total. The quantitative estimate of drug-likeness (QED) is 0.847. The molecule has 0 atom stereocenters. The van der Waals surface area contributed by atoms with Gasteiger partial charge in [-0.05, 0) is 18.7 Å². The van der Waals surface area contributed by atoms with Crippen LogP contribution in [0.2, 0.25) is 0 Å². The Morgan fingerprint density at radius 1 is 1.14 bits per heavy atom. The van der Waals surface area contributed by atoms with Gasteiger partial charge < -0.3 is 10.6 Å². The van der Waals surface area contributed by atoms with E-state index in [-0.39, 0.29) is 19.0 Å². The van der Waals surface area contributed by atoms with Gasteiger partial charge in [0.2, 0.25) is 11.8 Å². The molecule has 0 spiro atoms. The number of amides is 2. The molecule has 0 unspecified atom stereocenters. The van der Waals surface area contributed by atoms with Crippen molar-refractivity contribution in [2.24, 2.45) is 0 Å². The van der Waals surface area contributed by atoms with Crippen LogP contribution in [0.25, 0.3) is 0 Å². The van der Waals surface area contributed by atoms with Crippen LogP contribution in [-0.4, -0.2) is 42.5 Å². The fraction of sp³-hybridized carbons (Fsp3) is 0.429. The summed E-state index contributed by atoms with van der Waals surface area (Å²) in [6.45, 7) is 1.43. The van der Waals surface area contributed by atoms with Gasteiger partial charge in [-0.25, -0.2) is 0 Å². The lowest BCUT2D eigenvalue weighted by molar-refractivity contribution is -0.147. The van der Waals surface area contributed by atoms with E-state index in [4.69, 9.17) is 0 Å². The second-order valence-corrected chi connectivity index (χ2v) is 4.69. The lowest BCUT2D eigenvalue weighted by atomic mass is 10.2. The monoisotopic (exact) mass is 317 g/mol. The minimum Gasteiger partial charge on any atom is -0.325 e. The zero-order valence-electron chi connectivity index (χ0n) is 12.3. The Morgan fingerprint density at radius 2 is 1.68 bits per heavy atom. The van der Waals surface area contributed by atoms with Crippen molar-refractivity contribution in [3.63, 3.8) is 0 Å². The number of carbonyl (C=O) groups excluding carboxylic acids is 2. The first kappa shape index (κ1) is 18.0. The minimum atomic E-state index is -4.36. The summed E-state index contributed by atoms with van der Waals surface area (Å²) in [6.07, 6.45) is -4.36. The van der Waals surface area contributed by atoms with Crippen molar-refractivity contribution in [3.05, 3.63) is 24.3 Å². The van der Waals surface area contributed by atoms with Gasteiger partial charge in [-0.2, -0.15) is 13.2 Å². The Balaban J connectivity index is 2.70. The number of rotatable bonds is 6. The summed E-state index contributed by atoms with van der Waals surface area (Å²) in [4.78, 5) is 23.9. The molecule has 1 aromatic rings. The third-order valence-electron chi connectivity index (χ3n) is 2.73. The van der Waals surface area contributed by atoms with Crippen molar-refractivity contribution < 1.29 is 22.8 Å². The standard InChI is InChI=1S/C14H18F3N3O2/c1-3-20(9-14(15,16)17)8-13(22)19-12-7-5-4-6-11(12)18-10(2)21/h4-7H,3,8-9H2,1-2H3,(H,18,21)(H,19,22). The molecule has 0 aliphatic rings. The molecular formula is C14H18F3N3O2. The zero-order chi connectivity index (χ0) is 16.8. The molecule has 0 saturated heterocycles. The molecule has 0 aliphatic carbocycles. The van der Waals surface area contributed by atoms with Crippen LogP contribution in [0.15, 0.2) is 24.3 Å². The number of benzene rings is 1. The summed E-state index contributed by atoms with van der Waals surface area (Å²) in [5.41, 5.74) is 0.730. The van der Waals surface area contributed by atoms with Gasteiger partial charge in [0.15, 0.2) is 0 Å². The van der Waals surface area contributed by atoms with Gasteiger partial charge in [-0.3, -0.25) is 14.5 Å². The second kappa shape index (κ2) is 7.79. The Kier molecular flexibility index (Phi) is 6.36. The number of hydrogen-bond donors (Lipinski definition) is 2. The Morgan fingerprint density at radius 3 is 2.14 bits per heavy atom. The van der Waals surface area contributed by atoms with E-state index in [0.29, 0.717) is 11.4 Å². The van der Waals surface area contributed by atoms with Gasteiger partial charge in [0.25, 0.3) is 0 Å². The van der Waals surface area contributed by atoms with E-state index in [9.17, 15) is 22.8 Å². The molecule has 0 bridgehead atoms. The fourth-order valence-electron chi connectivity index (χ4n) is 1.82. The van der Waals surface area contributed by atoms with E-state index in [1.807, 2.05) is 0 Å². The smallest absolute Gasteiger partial charge is 0.325 e. The van der Waals surface area contributed by atoms with Crippen molar-refractivity contribution >= 4 is 23.2 Å². The van der Waals surface area contributed by atoms with Crippen LogP contribution in [0.3, 0.4) is 0 Å². The highest BCUT2D eigenvalue weighted by molar-refractivity contribution is 5.99. The highest BCUT2D eigenvalue weighted by Crippen LogP contribution is 2.21. The fourth-order valence-corrected chi connectivity index (χ4v) is 1.82. The van der Waals surface area contributed by atoms with E-state index >= 15 is 0 Å².